The highest BCUT2D eigenvalue weighted by molar-refractivity contribution is 5.91. The summed E-state index contributed by atoms with van der Waals surface area (Å²) in [6, 6.07) is 5.93. The molecule has 2 unspecified atom stereocenters. The van der Waals surface area contributed by atoms with Crippen molar-refractivity contribution in [1.82, 2.24) is 4.98 Å². The Morgan fingerprint density at radius 2 is 2.00 bits per heavy atom. The van der Waals surface area contributed by atoms with Gasteiger partial charge in [-0.3, -0.25) is 10.1 Å². The van der Waals surface area contributed by atoms with Gasteiger partial charge in [0.2, 0.25) is 0 Å². The number of anilines is 1. The number of ether oxygens (including phenoxy) is 2. The number of nitrogens with zero attached hydrogens (tertiary/aromatic N) is 1. The normalized spacial score (nSPS) is 15.1. The molecular weight excluding hydrogens is 431 g/mol. The Hall–Kier alpha value is -3.30. The third-order valence-electron chi connectivity index (χ3n) is 5.24. The summed E-state index contributed by atoms with van der Waals surface area (Å²) in [7, 11) is 1.23. The first-order valence-corrected chi connectivity index (χ1v) is 10.6. The van der Waals surface area contributed by atoms with E-state index in [1.165, 1.54) is 25.3 Å². The predicted octanol–water partition coefficient (Wildman–Crippen LogP) is 3.76. The summed E-state index contributed by atoms with van der Waals surface area (Å²) >= 11 is 0. The minimum absolute atomic E-state index is 0.0134. The standard InChI is InChI=1S/C24H27FN2O6/c1-13(2)22-18(9-8-16(28)10-17(29)11-20(30)32-3)21(14-4-6-15(25)7-5-14)19-12-33-24(31)27-23(19)26-22/h4-9,13,16-17,28-29H,10-12H2,1-3H3,(H,26,27,31)/b9-8+. The minimum atomic E-state index is -1.07. The summed E-state index contributed by atoms with van der Waals surface area (Å²) in [4.78, 5) is 27.7. The fourth-order valence-electron chi connectivity index (χ4n) is 3.65. The van der Waals surface area contributed by atoms with Crippen LogP contribution >= 0.6 is 0 Å². The molecule has 1 aliphatic heterocycles. The molecule has 0 aliphatic carbocycles. The van der Waals surface area contributed by atoms with Crippen molar-refractivity contribution in [2.75, 3.05) is 12.4 Å². The van der Waals surface area contributed by atoms with Crippen LogP contribution in [0.5, 0.6) is 0 Å². The quantitative estimate of drug-likeness (QED) is 0.516. The van der Waals surface area contributed by atoms with Gasteiger partial charge in [0.15, 0.2) is 0 Å². The van der Waals surface area contributed by atoms with E-state index in [0.29, 0.717) is 33.8 Å². The van der Waals surface area contributed by atoms with E-state index in [9.17, 15) is 24.2 Å². The Kier molecular flexibility index (Phi) is 7.78. The van der Waals surface area contributed by atoms with E-state index in [1.807, 2.05) is 13.8 Å². The number of aliphatic hydroxyl groups excluding tert-OH is 2. The van der Waals surface area contributed by atoms with Gasteiger partial charge in [-0.15, -0.1) is 0 Å². The zero-order valence-electron chi connectivity index (χ0n) is 18.7. The lowest BCUT2D eigenvalue weighted by Gasteiger charge is -2.25. The third kappa shape index (κ3) is 5.94. The van der Waals surface area contributed by atoms with Crippen molar-refractivity contribution in [1.29, 1.82) is 0 Å². The lowest BCUT2D eigenvalue weighted by atomic mass is 9.89. The molecule has 2 atom stereocenters. The van der Waals surface area contributed by atoms with Gasteiger partial charge >= 0.3 is 12.1 Å². The first kappa shape index (κ1) is 24.3. The Morgan fingerprint density at radius 3 is 2.64 bits per heavy atom. The van der Waals surface area contributed by atoms with Crippen molar-refractivity contribution >= 4 is 24.0 Å². The Bertz CT molecular complexity index is 1050. The first-order chi connectivity index (χ1) is 15.7. The number of amides is 1. The molecule has 0 bridgehead atoms. The number of halogens is 1. The molecule has 33 heavy (non-hydrogen) atoms. The first-order valence-electron chi connectivity index (χ1n) is 10.6. The maximum atomic E-state index is 13.6. The summed E-state index contributed by atoms with van der Waals surface area (Å²) < 4.78 is 23.3. The van der Waals surface area contributed by atoms with E-state index in [2.05, 4.69) is 15.0 Å². The zero-order valence-corrected chi connectivity index (χ0v) is 18.7. The molecule has 0 saturated heterocycles. The second-order valence-corrected chi connectivity index (χ2v) is 8.07. The molecule has 1 aliphatic rings. The van der Waals surface area contributed by atoms with Gasteiger partial charge in [0.1, 0.15) is 18.2 Å². The Morgan fingerprint density at radius 1 is 1.30 bits per heavy atom. The number of fused-ring (bicyclic) bond motifs is 1. The van der Waals surface area contributed by atoms with E-state index in [-0.39, 0.29) is 31.2 Å². The summed E-state index contributed by atoms with van der Waals surface area (Å²) in [6.07, 6.45) is 0.190. The summed E-state index contributed by atoms with van der Waals surface area (Å²) in [5.41, 5.74) is 3.36. The highest BCUT2D eigenvalue weighted by Crippen LogP contribution is 2.39. The molecule has 0 saturated carbocycles. The average Bonchev–Trinajstić information content (AvgIpc) is 2.77. The van der Waals surface area contributed by atoms with E-state index in [4.69, 9.17) is 4.74 Å². The molecular formula is C24H27FN2O6. The smallest absolute Gasteiger partial charge is 0.413 e. The number of carbonyl (C=O) groups is 2. The van der Waals surface area contributed by atoms with Crippen molar-refractivity contribution in [3.05, 3.63) is 53.0 Å². The van der Waals surface area contributed by atoms with Crippen molar-refractivity contribution in [2.45, 2.75) is 51.4 Å². The van der Waals surface area contributed by atoms with Crippen LogP contribution in [0.25, 0.3) is 17.2 Å². The van der Waals surface area contributed by atoms with Crippen LogP contribution in [0.15, 0.2) is 30.3 Å². The van der Waals surface area contributed by atoms with Crippen LogP contribution in [0.1, 0.15) is 49.4 Å². The fraction of sp³-hybridized carbons (Fsp3) is 0.375. The number of aromatic nitrogens is 1. The van der Waals surface area contributed by atoms with Crippen molar-refractivity contribution in [3.8, 4) is 11.1 Å². The number of esters is 1. The predicted molar refractivity (Wildman–Crippen MR) is 120 cm³/mol. The molecule has 0 spiro atoms. The van der Waals surface area contributed by atoms with Crippen LogP contribution in [0.2, 0.25) is 0 Å². The van der Waals surface area contributed by atoms with Crippen LogP contribution in [0.4, 0.5) is 15.0 Å². The molecule has 3 N–H and O–H groups in total. The van der Waals surface area contributed by atoms with E-state index < -0.39 is 24.3 Å². The third-order valence-corrected chi connectivity index (χ3v) is 5.24. The lowest BCUT2D eigenvalue weighted by molar-refractivity contribution is -0.143. The number of pyridine rings is 1. The second kappa shape index (κ2) is 10.5. The molecule has 1 aromatic heterocycles. The molecule has 3 rings (SSSR count). The SMILES string of the molecule is COC(=O)CC(O)CC(O)/C=C/c1c(C(C)C)nc2c(c1-c1ccc(F)cc1)COC(=O)N2. The van der Waals surface area contributed by atoms with Gasteiger partial charge in [-0.05, 0) is 23.6 Å². The zero-order chi connectivity index (χ0) is 24.1. The number of hydrogen-bond acceptors (Lipinski definition) is 7. The largest absolute Gasteiger partial charge is 0.469 e. The van der Waals surface area contributed by atoms with Crippen molar-refractivity contribution in [3.63, 3.8) is 0 Å². The number of carbonyl (C=O) groups excluding carboxylic acids is 2. The number of nitrogens with one attached hydrogen (secondary N) is 1. The van der Waals surface area contributed by atoms with Crippen LogP contribution in [-0.2, 0) is 20.9 Å². The second-order valence-electron chi connectivity index (χ2n) is 8.07. The molecule has 9 heteroatoms. The highest BCUT2D eigenvalue weighted by atomic mass is 19.1. The molecule has 8 nitrogen and oxygen atoms in total. The Balaban J connectivity index is 2.05. The number of benzene rings is 1. The van der Waals surface area contributed by atoms with Gasteiger partial charge in [0.25, 0.3) is 0 Å². The van der Waals surface area contributed by atoms with Gasteiger partial charge in [-0.2, -0.15) is 0 Å². The number of hydrogen-bond donors (Lipinski definition) is 3. The molecule has 0 fully saturated rings. The highest BCUT2D eigenvalue weighted by Gasteiger charge is 2.26. The van der Waals surface area contributed by atoms with Crippen molar-refractivity contribution in [2.24, 2.45) is 0 Å². The maximum Gasteiger partial charge on any atom is 0.413 e. The molecule has 2 aromatic rings. The van der Waals surface area contributed by atoms with Gasteiger partial charge in [0.05, 0.1) is 31.4 Å². The van der Waals surface area contributed by atoms with Gasteiger partial charge in [0, 0.05) is 23.1 Å². The van der Waals surface area contributed by atoms with Crippen molar-refractivity contribution < 1.29 is 33.7 Å². The number of methoxy groups -OCH3 is 1. The van der Waals surface area contributed by atoms with E-state index >= 15 is 0 Å². The summed E-state index contributed by atoms with van der Waals surface area (Å²) in [5, 5.41) is 23.0. The minimum Gasteiger partial charge on any atom is -0.469 e. The molecule has 0 radical (unpaired) electrons. The number of rotatable bonds is 8. The molecule has 1 aromatic carbocycles. The van der Waals surface area contributed by atoms with E-state index in [0.717, 1.165) is 0 Å². The van der Waals surface area contributed by atoms with Gasteiger partial charge in [-0.1, -0.05) is 38.1 Å². The topological polar surface area (TPSA) is 118 Å². The van der Waals surface area contributed by atoms with Gasteiger partial charge in [-0.25, -0.2) is 14.2 Å². The Labute approximate surface area is 191 Å². The monoisotopic (exact) mass is 458 g/mol. The average molecular weight is 458 g/mol. The summed E-state index contributed by atoms with van der Waals surface area (Å²) in [5.74, 6) is -0.626. The van der Waals surface area contributed by atoms with Crippen LogP contribution in [0.3, 0.4) is 0 Å². The molecule has 176 valence electrons. The van der Waals surface area contributed by atoms with E-state index in [1.54, 1.807) is 18.2 Å². The lowest BCUT2D eigenvalue weighted by Crippen LogP contribution is -2.23. The van der Waals surface area contributed by atoms with Crippen LogP contribution in [0, 0.1) is 5.82 Å². The molecule has 1 amide bonds. The molecule has 2 heterocycles. The maximum absolute atomic E-state index is 13.6. The fourth-order valence-corrected chi connectivity index (χ4v) is 3.65. The number of aliphatic hydroxyl groups is 2. The summed E-state index contributed by atoms with van der Waals surface area (Å²) in [6.45, 7) is 3.87. The van der Waals surface area contributed by atoms with Crippen LogP contribution < -0.4 is 5.32 Å². The number of cyclic esters (lactones) is 1. The van der Waals surface area contributed by atoms with Gasteiger partial charge < -0.3 is 19.7 Å². The van der Waals surface area contributed by atoms with Crippen LogP contribution in [-0.4, -0.2) is 46.6 Å².